The number of nitrogens with one attached hydrogen (secondary N) is 1. The fraction of sp³-hybridized carbons (Fsp3) is 0.867. The number of rotatable bonds is 10. The lowest BCUT2D eigenvalue weighted by Crippen LogP contribution is -2.42. The number of amidine groups is 1. The Balaban J connectivity index is 3.86. The highest BCUT2D eigenvalue weighted by Crippen LogP contribution is 2.12. The smallest absolute Gasteiger partial charge is 0.231 e. The molecule has 5 nitrogen and oxygen atoms in total. The minimum absolute atomic E-state index is 0.0111. The lowest BCUT2D eigenvalue weighted by Gasteiger charge is -2.18. The number of amides is 1. The van der Waals surface area contributed by atoms with Crippen LogP contribution in [-0.4, -0.2) is 23.5 Å². The summed E-state index contributed by atoms with van der Waals surface area (Å²) in [6.45, 7) is 8.89. The molecule has 1 amide bonds. The van der Waals surface area contributed by atoms with E-state index in [2.05, 4.69) is 24.3 Å². The normalized spacial score (nSPS) is 13.8. The van der Waals surface area contributed by atoms with Crippen LogP contribution < -0.4 is 11.1 Å². The Bertz CT molecular complexity index is 301. The largest absolute Gasteiger partial charge is 0.409 e. The van der Waals surface area contributed by atoms with Crippen LogP contribution in [0.2, 0.25) is 0 Å². The number of hydrogen-bond acceptors (Lipinski definition) is 3. The predicted octanol–water partition coefficient (Wildman–Crippen LogP) is 2.73. The molecule has 1 atom stereocenters. The standard InChI is InChI=1S/C15H31N3O2/c1-11(2)9-7-5-6-8-10-17-15(19)13(12(3)4)14(16)18-20/h11-13,20H,5-10H2,1-4H3,(H2,16,18)(H,17,19). The molecule has 0 fully saturated rings. The van der Waals surface area contributed by atoms with Gasteiger partial charge in [-0.25, -0.2) is 0 Å². The molecule has 0 saturated heterocycles. The Morgan fingerprint density at radius 1 is 1.15 bits per heavy atom. The molecule has 0 aliphatic rings. The van der Waals surface area contributed by atoms with E-state index in [9.17, 15) is 4.79 Å². The van der Waals surface area contributed by atoms with Crippen molar-refractivity contribution < 1.29 is 10.0 Å². The molecule has 1 unspecified atom stereocenters. The van der Waals surface area contributed by atoms with Gasteiger partial charge in [-0.2, -0.15) is 0 Å². The Morgan fingerprint density at radius 2 is 1.75 bits per heavy atom. The number of carbonyl (C=O) groups excluding carboxylic acids is 1. The zero-order valence-corrected chi connectivity index (χ0v) is 13.4. The lowest BCUT2D eigenvalue weighted by atomic mass is 9.94. The first-order chi connectivity index (χ1) is 9.40. The first-order valence-corrected chi connectivity index (χ1v) is 7.65. The van der Waals surface area contributed by atoms with Crippen LogP contribution in [0.3, 0.4) is 0 Å². The molecule has 0 rings (SSSR count). The highest BCUT2D eigenvalue weighted by atomic mass is 16.4. The molecule has 0 aromatic rings. The molecule has 4 N–H and O–H groups in total. The fourth-order valence-corrected chi connectivity index (χ4v) is 2.19. The Labute approximate surface area is 123 Å². The maximum Gasteiger partial charge on any atom is 0.231 e. The van der Waals surface area contributed by atoms with Crippen molar-refractivity contribution in [1.82, 2.24) is 5.32 Å². The molecule has 20 heavy (non-hydrogen) atoms. The SMILES string of the molecule is CC(C)CCCCCCNC(=O)C(C(N)=NO)C(C)C. The third-order valence-electron chi connectivity index (χ3n) is 3.39. The van der Waals surface area contributed by atoms with E-state index in [1.54, 1.807) is 0 Å². The van der Waals surface area contributed by atoms with E-state index < -0.39 is 5.92 Å². The summed E-state index contributed by atoms with van der Waals surface area (Å²) in [5.41, 5.74) is 5.56. The Hall–Kier alpha value is -1.26. The first-order valence-electron chi connectivity index (χ1n) is 7.65. The number of hydrogen-bond donors (Lipinski definition) is 3. The number of nitrogens with zero attached hydrogens (tertiary/aromatic N) is 1. The molecule has 0 heterocycles. The van der Waals surface area contributed by atoms with E-state index in [-0.39, 0.29) is 17.7 Å². The van der Waals surface area contributed by atoms with Crippen molar-refractivity contribution in [2.75, 3.05) is 6.54 Å². The monoisotopic (exact) mass is 285 g/mol. The molecular formula is C15H31N3O2. The molecule has 0 aromatic heterocycles. The molecule has 0 aromatic carbocycles. The van der Waals surface area contributed by atoms with Gasteiger partial charge in [-0.15, -0.1) is 0 Å². The average molecular weight is 285 g/mol. The average Bonchev–Trinajstić information content (AvgIpc) is 2.36. The van der Waals surface area contributed by atoms with Gasteiger partial charge in [0.15, 0.2) is 5.84 Å². The van der Waals surface area contributed by atoms with Gasteiger partial charge >= 0.3 is 0 Å². The maximum atomic E-state index is 12.0. The van der Waals surface area contributed by atoms with Crippen molar-refractivity contribution in [1.29, 1.82) is 0 Å². The van der Waals surface area contributed by atoms with Crippen LogP contribution in [0, 0.1) is 17.8 Å². The van der Waals surface area contributed by atoms with Gasteiger partial charge in [-0.05, 0) is 18.3 Å². The molecular weight excluding hydrogens is 254 g/mol. The van der Waals surface area contributed by atoms with Crippen molar-refractivity contribution in [3.05, 3.63) is 0 Å². The third-order valence-corrected chi connectivity index (χ3v) is 3.39. The van der Waals surface area contributed by atoms with Crippen LogP contribution in [-0.2, 0) is 4.79 Å². The summed E-state index contributed by atoms with van der Waals surface area (Å²) in [7, 11) is 0. The second-order valence-electron chi connectivity index (χ2n) is 6.13. The summed E-state index contributed by atoms with van der Waals surface area (Å²) in [5, 5.41) is 14.5. The molecule has 0 aliphatic carbocycles. The number of unbranched alkanes of at least 4 members (excludes halogenated alkanes) is 3. The lowest BCUT2D eigenvalue weighted by molar-refractivity contribution is -0.124. The zero-order chi connectivity index (χ0) is 15.5. The van der Waals surface area contributed by atoms with Crippen molar-refractivity contribution in [3.63, 3.8) is 0 Å². The van der Waals surface area contributed by atoms with E-state index in [1.165, 1.54) is 19.3 Å². The Morgan fingerprint density at radius 3 is 2.25 bits per heavy atom. The van der Waals surface area contributed by atoms with Gasteiger partial charge < -0.3 is 16.3 Å². The zero-order valence-electron chi connectivity index (χ0n) is 13.4. The van der Waals surface area contributed by atoms with E-state index in [4.69, 9.17) is 10.9 Å². The van der Waals surface area contributed by atoms with Crippen LogP contribution in [0.4, 0.5) is 0 Å². The quantitative estimate of drug-likeness (QED) is 0.190. The van der Waals surface area contributed by atoms with Gasteiger partial charge in [0.1, 0.15) is 5.92 Å². The first kappa shape index (κ1) is 18.7. The summed E-state index contributed by atoms with van der Waals surface area (Å²) in [4.78, 5) is 12.0. The van der Waals surface area contributed by atoms with E-state index in [0.717, 1.165) is 18.8 Å². The van der Waals surface area contributed by atoms with E-state index >= 15 is 0 Å². The summed E-state index contributed by atoms with van der Waals surface area (Å²) in [6.07, 6.45) is 5.84. The van der Waals surface area contributed by atoms with Crippen LogP contribution in [0.1, 0.15) is 59.8 Å². The molecule has 0 radical (unpaired) electrons. The van der Waals surface area contributed by atoms with Gasteiger partial charge in [0, 0.05) is 6.54 Å². The van der Waals surface area contributed by atoms with Crippen molar-refractivity contribution in [2.24, 2.45) is 28.6 Å². The molecule has 0 saturated carbocycles. The van der Waals surface area contributed by atoms with Gasteiger partial charge in [-0.3, -0.25) is 4.79 Å². The molecule has 0 bridgehead atoms. The van der Waals surface area contributed by atoms with Crippen LogP contribution in [0.5, 0.6) is 0 Å². The van der Waals surface area contributed by atoms with Gasteiger partial charge in [0.05, 0.1) is 0 Å². The highest BCUT2D eigenvalue weighted by Gasteiger charge is 2.26. The maximum absolute atomic E-state index is 12.0. The molecule has 0 aliphatic heterocycles. The molecule has 0 spiro atoms. The number of nitrogens with two attached hydrogens (primary N) is 1. The summed E-state index contributed by atoms with van der Waals surface area (Å²) in [5.74, 6) is 0.0482. The topological polar surface area (TPSA) is 87.7 Å². The van der Waals surface area contributed by atoms with E-state index in [0.29, 0.717) is 6.54 Å². The number of carbonyl (C=O) groups is 1. The summed E-state index contributed by atoms with van der Waals surface area (Å²) in [6, 6.07) is 0. The van der Waals surface area contributed by atoms with Crippen LogP contribution >= 0.6 is 0 Å². The highest BCUT2D eigenvalue weighted by molar-refractivity contribution is 6.02. The van der Waals surface area contributed by atoms with Gasteiger partial charge in [-0.1, -0.05) is 58.5 Å². The minimum atomic E-state index is -0.555. The second-order valence-corrected chi connectivity index (χ2v) is 6.13. The predicted molar refractivity (Wildman–Crippen MR) is 82.7 cm³/mol. The van der Waals surface area contributed by atoms with Crippen LogP contribution in [0.15, 0.2) is 5.16 Å². The minimum Gasteiger partial charge on any atom is -0.409 e. The Kier molecular flexibility index (Phi) is 9.86. The van der Waals surface area contributed by atoms with Crippen LogP contribution in [0.25, 0.3) is 0 Å². The van der Waals surface area contributed by atoms with E-state index in [1.807, 2.05) is 13.8 Å². The van der Waals surface area contributed by atoms with Gasteiger partial charge in [0.2, 0.25) is 5.91 Å². The second kappa shape index (κ2) is 10.5. The number of oxime groups is 1. The van der Waals surface area contributed by atoms with Gasteiger partial charge in [0.25, 0.3) is 0 Å². The van der Waals surface area contributed by atoms with Crippen molar-refractivity contribution in [2.45, 2.75) is 59.8 Å². The van der Waals surface area contributed by atoms with Crippen molar-refractivity contribution >= 4 is 11.7 Å². The summed E-state index contributed by atoms with van der Waals surface area (Å²) < 4.78 is 0. The summed E-state index contributed by atoms with van der Waals surface area (Å²) >= 11 is 0. The molecule has 5 heteroatoms. The third kappa shape index (κ3) is 8.02. The fourth-order valence-electron chi connectivity index (χ4n) is 2.19. The molecule has 118 valence electrons. The van der Waals surface area contributed by atoms with Crippen molar-refractivity contribution in [3.8, 4) is 0 Å².